The number of carbonyl (C=O) groups is 2. The van der Waals surface area contributed by atoms with Gasteiger partial charge in [0.05, 0.1) is 6.54 Å². The molecule has 1 amide bonds. The molecule has 0 atom stereocenters. The largest absolute Gasteiger partial charge is 0.465 e. The molecule has 1 heterocycles. The third kappa shape index (κ3) is 2.48. The van der Waals surface area contributed by atoms with Crippen molar-refractivity contribution in [2.24, 2.45) is 0 Å². The zero-order chi connectivity index (χ0) is 10.7. The fourth-order valence-electron chi connectivity index (χ4n) is 1.36. The molecule has 5 nitrogen and oxygen atoms in total. The number of amides is 1. The Morgan fingerprint density at radius 1 is 1.57 bits per heavy atom. The van der Waals surface area contributed by atoms with Crippen molar-refractivity contribution in [2.75, 3.05) is 27.2 Å². The summed E-state index contributed by atoms with van der Waals surface area (Å²) in [7, 11) is 3.61. The standard InChI is InChI=1S/C9H14N2O3/c1-10(2)5-7-6-11(9(13)14)4-3-8(7)12/h5H,3-4,6H2,1-2H3,(H,13,14)/b7-5+. The minimum atomic E-state index is -0.970. The van der Waals surface area contributed by atoms with E-state index in [2.05, 4.69) is 0 Å². The fourth-order valence-corrected chi connectivity index (χ4v) is 1.36. The highest BCUT2D eigenvalue weighted by atomic mass is 16.4. The highest BCUT2D eigenvalue weighted by Crippen LogP contribution is 2.12. The molecule has 1 fully saturated rings. The van der Waals surface area contributed by atoms with Gasteiger partial charge in [0.15, 0.2) is 5.78 Å². The van der Waals surface area contributed by atoms with Crippen molar-refractivity contribution >= 4 is 11.9 Å². The Hall–Kier alpha value is -1.52. The Morgan fingerprint density at radius 3 is 2.71 bits per heavy atom. The molecule has 1 rings (SSSR count). The summed E-state index contributed by atoms with van der Waals surface area (Å²) in [5.41, 5.74) is 0.559. The van der Waals surface area contributed by atoms with E-state index in [1.54, 1.807) is 25.2 Å². The number of hydrogen-bond acceptors (Lipinski definition) is 3. The first-order chi connectivity index (χ1) is 6.50. The number of hydrogen-bond donors (Lipinski definition) is 1. The van der Waals surface area contributed by atoms with E-state index in [1.165, 1.54) is 4.90 Å². The molecule has 5 heteroatoms. The maximum absolute atomic E-state index is 11.4. The smallest absolute Gasteiger partial charge is 0.407 e. The summed E-state index contributed by atoms with van der Waals surface area (Å²) < 4.78 is 0. The van der Waals surface area contributed by atoms with Crippen LogP contribution in [-0.2, 0) is 4.79 Å². The monoisotopic (exact) mass is 198 g/mol. The third-order valence-electron chi connectivity index (χ3n) is 2.01. The second kappa shape index (κ2) is 4.13. The van der Waals surface area contributed by atoms with Gasteiger partial charge in [-0.2, -0.15) is 0 Å². The lowest BCUT2D eigenvalue weighted by molar-refractivity contribution is -0.117. The third-order valence-corrected chi connectivity index (χ3v) is 2.01. The Balaban J connectivity index is 2.74. The van der Waals surface area contributed by atoms with Crippen LogP contribution in [0.15, 0.2) is 11.8 Å². The molecular formula is C9H14N2O3. The van der Waals surface area contributed by atoms with Gasteiger partial charge in [0, 0.05) is 38.8 Å². The van der Waals surface area contributed by atoms with E-state index < -0.39 is 6.09 Å². The average molecular weight is 198 g/mol. The molecule has 0 unspecified atom stereocenters. The van der Waals surface area contributed by atoms with E-state index in [0.29, 0.717) is 12.1 Å². The molecule has 1 aliphatic rings. The van der Waals surface area contributed by atoms with Gasteiger partial charge in [-0.15, -0.1) is 0 Å². The van der Waals surface area contributed by atoms with Crippen LogP contribution in [0, 0.1) is 0 Å². The zero-order valence-corrected chi connectivity index (χ0v) is 8.36. The van der Waals surface area contributed by atoms with Gasteiger partial charge in [-0.25, -0.2) is 4.79 Å². The highest BCUT2D eigenvalue weighted by Gasteiger charge is 2.24. The first kappa shape index (κ1) is 10.6. The van der Waals surface area contributed by atoms with Crippen molar-refractivity contribution in [1.29, 1.82) is 0 Å². The van der Waals surface area contributed by atoms with Crippen molar-refractivity contribution in [3.63, 3.8) is 0 Å². The van der Waals surface area contributed by atoms with E-state index in [4.69, 9.17) is 5.11 Å². The van der Waals surface area contributed by atoms with E-state index in [9.17, 15) is 9.59 Å². The van der Waals surface area contributed by atoms with E-state index >= 15 is 0 Å². The lowest BCUT2D eigenvalue weighted by Crippen LogP contribution is -2.39. The number of rotatable bonds is 1. The van der Waals surface area contributed by atoms with Crippen molar-refractivity contribution in [2.45, 2.75) is 6.42 Å². The van der Waals surface area contributed by atoms with Crippen molar-refractivity contribution in [3.8, 4) is 0 Å². The lowest BCUT2D eigenvalue weighted by atomic mass is 10.0. The normalized spacial score (nSPS) is 20.0. The number of ketones is 1. The summed E-state index contributed by atoms with van der Waals surface area (Å²) in [6, 6.07) is 0. The first-order valence-electron chi connectivity index (χ1n) is 4.39. The molecule has 78 valence electrons. The summed E-state index contributed by atoms with van der Waals surface area (Å²) in [6.45, 7) is 0.505. The first-order valence-corrected chi connectivity index (χ1v) is 4.39. The van der Waals surface area contributed by atoms with Crippen molar-refractivity contribution in [1.82, 2.24) is 9.80 Å². The van der Waals surface area contributed by atoms with Crippen LogP contribution in [0.5, 0.6) is 0 Å². The van der Waals surface area contributed by atoms with Gasteiger partial charge in [0.2, 0.25) is 0 Å². The van der Waals surface area contributed by atoms with Crippen LogP contribution in [0.1, 0.15) is 6.42 Å². The van der Waals surface area contributed by atoms with Gasteiger partial charge >= 0.3 is 6.09 Å². The van der Waals surface area contributed by atoms with Crippen LogP contribution in [0.2, 0.25) is 0 Å². The van der Waals surface area contributed by atoms with Gasteiger partial charge in [-0.05, 0) is 0 Å². The molecule has 1 saturated heterocycles. The van der Waals surface area contributed by atoms with Gasteiger partial charge < -0.3 is 14.9 Å². The topological polar surface area (TPSA) is 60.9 Å². The Kier molecular flexibility index (Phi) is 3.11. The van der Waals surface area contributed by atoms with Crippen LogP contribution in [0.25, 0.3) is 0 Å². The number of Topliss-reactive ketones (excluding diaryl/α,β-unsaturated/α-hetero) is 1. The molecule has 0 aromatic rings. The summed E-state index contributed by atoms with van der Waals surface area (Å²) in [6.07, 6.45) is 0.991. The molecule has 0 saturated carbocycles. The predicted molar refractivity (Wildman–Crippen MR) is 51.0 cm³/mol. The fraction of sp³-hybridized carbons (Fsp3) is 0.556. The molecule has 0 aromatic carbocycles. The minimum absolute atomic E-state index is 0.0381. The van der Waals surface area contributed by atoms with Crippen LogP contribution in [0.4, 0.5) is 4.79 Å². The van der Waals surface area contributed by atoms with Crippen LogP contribution in [-0.4, -0.2) is 54.0 Å². The van der Waals surface area contributed by atoms with E-state index in [1.807, 2.05) is 0 Å². The van der Waals surface area contributed by atoms with Gasteiger partial charge in [0.25, 0.3) is 0 Å². The maximum Gasteiger partial charge on any atom is 0.407 e. The minimum Gasteiger partial charge on any atom is -0.465 e. The van der Waals surface area contributed by atoms with Crippen LogP contribution in [0.3, 0.4) is 0 Å². The summed E-state index contributed by atoms with van der Waals surface area (Å²) in [5.74, 6) is 0.0381. The number of carbonyl (C=O) groups excluding carboxylic acids is 1. The van der Waals surface area contributed by atoms with Crippen molar-refractivity contribution in [3.05, 3.63) is 11.8 Å². The Bertz CT molecular complexity index is 284. The maximum atomic E-state index is 11.4. The molecular weight excluding hydrogens is 184 g/mol. The van der Waals surface area contributed by atoms with E-state index in [0.717, 1.165) is 0 Å². The zero-order valence-electron chi connectivity index (χ0n) is 8.36. The molecule has 0 aliphatic carbocycles. The second-order valence-electron chi connectivity index (χ2n) is 3.50. The molecule has 0 bridgehead atoms. The summed E-state index contributed by atoms with van der Waals surface area (Å²) in [4.78, 5) is 25.0. The molecule has 0 radical (unpaired) electrons. The van der Waals surface area contributed by atoms with Crippen LogP contribution < -0.4 is 0 Å². The van der Waals surface area contributed by atoms with Gasteiger partial charge in [-0.1, -0.05) is 0 Å². The van der Waals surface area contributed by atoms with Gasteiger partial charge in [-0.3, -0.25) is 4.79 Å². The second-order valence-corrected chi connectivity index (χ2v) is 3.50. The number of piperidine rings is 1. The summed E-state index contributed by atoms with van der Waals surface area (Å²) >= 11 is 0. The predicted octanol–water partition coefficient (Wildman–Crippen LogP) is 0.385. The molecule has 14 heavy (non-hydrogen) atoms. The highest BCUT2D eigenvalue weighted by molar-refractivity contribution is 5.97. The number of nitrogens with zero attached hydrogens (tertiary/aromatic N) is 2. The van der Waals surface area contributed by atoms with E-state index in [-0.39, 0.29) is 18.7 Å². The van der Waals surface area contributed by atoms with Gasteiger partial charge in [0.1, 0.15) is 0 Å². The lowest BCUT2D eigenvalue weighted by Gasteiger charge is -2.25. The molecule has 1 N–H and O–H groups in total. The number of carboxylic acid groups (broad SMARTS) is 1. The molecule has 0 spiro atoms. The molecule has 0 aromatic heterocycles. The summed E-state index contributed by atoms with van der Waals surface area (Å²) in [5, 5.41) is 8.75. The Morgan fingerprint density at radius 2 is 2.21 bits per heavy atom. The average Bonchev–Trinajstić information content (AvgIpc) is 2.07. The quantitative estimate of drug-likeness (QED) is 0.619. The molecule has 1 aliphatic heterocycles. The van der Waals surface area contributed by atoms with Crippen molar-refractivity contribution < 1.29 is 14.7 Å². The number of likely N-dealkylation sites (tertiary alicyclic amines) is 1. The SMILES string of the molecule is CN(C)/C=C1\CN(C(=O)O)CCC1=O. The Labute approximate surface area is 82.6 Å². The van der Waals surface area contributed by atoms with Crippen LogP contribution >= 0.6 is 0 Å².